The van der Waals surface area contributed by atoms with E-state index in [1.165, 1.54) is 30.3 Å². The minimum atomic E-state index is -4.98. The van der Waals surface area contributed by atoms with Crippen LogP contribution in [0.5, 0.6) is 5.75 Å². The number of hydrogen-bond acceptors (Lipinski definition) is 6. The maximum Gasteiger partial charge on any atom is 0.416 e. The summed E-state index contributed by atoms with van der Waals surface area (Å²) in [6.45, 7) is 2.96. The first-order chi connectivity index (χ1) is 19.4. The van der Waals surface area contributed by atoms with Crippen LogP contribution in [-0.4, -0.2) is 48.0 Å². The molecule has 1 aromatic heterocycles. The van der Waals surface area contributed by atoms with Crippen LogP contribution >= 0.6 is 0 Å². The fraction of sp³-hybridized carbons (Fsp3) is 0.536. The zero-order chi connectivity index (χ0) is 29.4. The quantitative estimate of drug-likeness (QED) is 0.297. The summed E-state index contributed by atoms with van der Waals surface area (Å²) in [7, 11) is -4.07. The van der Waals surface area contributed by atoms with Gasteiger partial charge >= 0.3 is 6.18 Å². The largest absolute Gasteiger partial charge is 0.494 e. The zero-order valence-corrected chi connectivity index (χ0v) is 23.5. The lowest BCUT2D eigenvalue weighted by atomic mass is 9.77. The fourth-order valence-electron chi connectivity index (χ4n) is 5.14. The van der Waals surface area contributed by atoms with Gasteiger partial charge in [-0.25, -0.2) is 13.1 Å². The smallest absolute Gasteiger partial charge is 0.416 e. The summed E-state index contributed by atoms with van der Waals surface area (Å²) in [4.78, 5) is 26.6. The van der Waals surface area contributed by atoms with Crippen molar-refractivity contribution in [2.24, 2.45) is 5.92 Å². The van der Waals surface area contributed by atoms with Crippen molar-refractivity contribution in [1.82, 2.24) is 19.8 Å². The molecular formula is C28H33F3N4O5S. The maximum absolute atomic E-state index is 14.9. The van der Waals surface area contributed by atoms with Gasteiger partial charge in [0.1, 0.15) is 11.3 Å². The van der Waals surface area contributed by atoms with E-state index in [2.05, 4.69) is 5.10 Å². The predicted octanol–water partition coefficient (Wildman–Crippen LogP) is 4.20. The monoisotopic (exact) mass is 594 g/mol. The fourth-order valence-corrected chi connectivity index (χ4v) is 6.42. The number of carbonyl (C=O) groups is 2. The Morgan fingerprint density at radius 1 is 1.17 bits per heavy atom. The Morgan fingerprint density at radius 2 is 1.88 bits per heavy atom. The van der Waals surface area contributed by atoms with Gasteiger partial charge in [0.15, 0.2) is 5.54 Å². The van der Waals surface area contributed by atoms with Gasteiger partial charge in [0, 0.05) is 24.7 Å². The van der Waals surface area contributed by atoms with Crippen LogP contribution in [0.4, 0.5) is 13.2 Å². The van der Waals surface area contributed by atoms with E-state index in [9.17, 15) is 31.2 Å². The molecule has 9 nitrogen and oxygen atoms in total. The summed E-state index contributed by atoms with van der Waals surface area (Å²) in [5, 5.41) is 5.68. The van der Waals surface area contributed by atoms with Crippen LogP contribution in [-0.2, 0) is 31.7 Å². The molecule has 222 valence electrons. The summed E-state index contributed by atoms with van der Waals surface area (Å²) in [6.07, 6.45) is 1.30. The van der Waals surface area contributed by atoms with E-state index in [0.29, 0.717) is 37.7 Å². The SMILES string of the molecule is CCCCOc1ccc([C@]2(C(F)(F)F)CC(c3ccn(CC4CCC4)n3)=C(C(=O)NS(=O)(=O)C3CC3)C(=O)N2)cc1. The zero-order valence-electron chi connectivity index (χ0n) is 22.7. The molecule has 2 aliphatic carbocycles. The normalized spacial score (nSPS) is 21.8. The average Bonchev–Trinajstić information content (AvgIpc) is 3.65. The van der Waals surface area contributed by atoms with Crippen molar-refractivity contribution < 1.29 is 35.9 Å². The standard InChI is InChI=1S/C28H33F3N4O5S/c1-2-3-15-40-20-9-7-19(8-10-20)27(28(29,30)31)16-22(23-13-14-35(33-23)17-18-5-4-6-18)24(25(36)32-27)26(37)34-41(38,39)21-11-12-21/h7-10,13-14,18,21H,2-6,11-12,15-17H2,1H3,(H,32,36)(H,34,37)/t27-/m0/s1. The third-order valence-corrected chi connectivity index (χ3v) is 9.76. The third-order valence-electron chi connectivity index (χ3n) is 7.94. The first-order valence-corrected chi connectivity index (χ1v) is 15.4. The third kappa shape index (κ3) is 6.00. The number of benzene rings is 1. The minimum absolute atomic E-state index is 0.0151. The summed E-state index contributed by atoms with van der Waals surface area (Å²) < 4.78 is 78.9. The predicted molar refractivity (Wildman–Crippen MR) is 144 cm³/mol. The van der Waals surface area contributed by atoms with E-state index >= 15 is 0 Å². The van der Waals surface area contributed by atoms with Crippen molar-refractivity contribution in [2.45, 2.75) is 81.8 Å². The Hall–Kier alpha value is -3.35. The molecule has 0 radical (unpaired) electrons. The number of sulfonamides is 1. The summed E-state index contributed by atoms with van der Waals surface area (Å²) >= 11 is 0. The number of rotatable bonds is 11. The van der Waals surface area contributed by atoms with Crippen molar-refractivity contribution in [3.05, 3.63) is 53.4 Å². The van der Waals surface area contributed by atoms with E-state index in [-0.39, 0.29) is 16.8 Å². The molecule has 1 aromatic carbocycles. The van der Waals surface area contributed by atoms with Crippen molar-refractivity contribution in [2.75, 3.05) is 6.61 Å². The first-order valence-electron chi connectivity index (χ1n) is 13.9. The molecule has 1 aliphatic heterocycles. The first kappa shape index (κ1) is 29.2. The lowest BCUT2D eigenvalue weighted by molar-refractivity contribution is -0.202. The number of halogens is 3. The molecule has 0 spiro atoms. The van der Waals surface area contributed by atoms with Crippen molar-refractivity contribution in [1.29, 1.82) is 0 Å². The Kier molecular flexibility index (Phi) is 7.92. The molecule has 0 bridgehead atoms. The molecule has 5 rings (SSSR count). The van der Waals surface area contributed by atoms with Crippen LogP contribution < -0.4 is 14.8 Å². The summed E-state index contributed by atoms with van der Waals surface area (Å²) in [5.41, 5.74) is -4.09. The Morgan fingerprint density at radius 3 is 2.46 bits per heavy atom. The molecule has 1 atom stereocenters. The molecule has 2 heterocycles. The minimum Gasteiger partial charge on any atom is -0.494 e. The number of carbonyl (C=O) groups excluding carboxylic acids is 2. The Bertz CT molecular complexity index is 1440. The van der Waals surface area contributed by atoms with Crippen molar-refractivity contribution in [3.63, 3.8) is 0 Å². The molecule has 13 heteroatoms. The Labute approximate surface area is 236 Å². The highest BCUT2D eigenvalue weighted by Gasteiger charge is 2.60. The van der Waals surface area contributed by atoms with Gasteiger partial charge in [0.25, 0.3) is 11.8 Å². The van der Waals surface area contributed by atoms with E-state index in [4.69, 9.17) is 4.74 Å². The number of unbranched alkanes of at least 4 members (excludes halogenated alkanes) is 1. The van der Waals surface area contributed by atoms with Crippen molar-refractivity contribution >= 4 is 27.4 Å². The second-order valence-corrected chi connectivity index (χ2v) is 13.0. The average molecular weight is 595 g/mol. The van der Waals surface area contributed by atoms with Gasteiger partial charge in [-0.1, -0.05) is 31.9 Å². The molecular weight excluding hydrogens is 561 g/mol. The van der Waals surface area contributed by atoms with E-state index in [1.807, 2.05) is 17.0 Å². The molecule has 2 fully saturated rings. The number of aromatic nitrogens is 2. The Balaban J connectivity index is 1.55. The molecule has 2 saturated carbocycles. The van der Waals surface area contributed by atoms with E-state index in [1.54, 1.807) is 10.9 Å². The number of amides is 2. The van der Waals surface area contributed by atoms with Crippen LogP contribution in [0.15, 0.2) is 42.1 Å². The molecule has 3 aliphatic rings. The summed E-state index contributed by atoms with van der Waals surface area (Å²) in [5.74, 6) is -1.82. The second-order valence-electron chi connectivity index (χ2n) is 11.0. The van der Waals surface area contributed by atoms with Crippen molar-refractivity contribution in [3.8, 4) is 5.75 Å². The van der Waals surface area contributed by atoms with Gasteiger partial charge < -0.3 is 10.1 Å². The lowest BCUT2D eigenvalue weighted by Gasteiger charge is -2.41. The molecule has 0 saturated heterocycles. The van der Waals surface area contributed by atoms with Crippen LogP contribution in [0.2, 0.25) is 0 Å². The van der Waals surface area contributed by atoms with Gasteiger partial charge in [-0.2, -0.15) is 18.3 Å². The second kappa shape index (κ2) is 11.1. The highest BCUT2D eigenvalue weighted by atomic mass is 32.2. The maximum atomic E-state index is 14.9. The number of alkyl halides is 3. The molecule has 2 aromatic rings. The summed E-state index contributed by atoms with van der Waals surface area (Å²) in [6, 6.07) is 6.76. The number of hydrogen-bond donors (Lipinski definition) is 2. The molecule has 41 heavy (non-hydrogen) atoms. The van der Waals surface area contributed by atoms with E-state index < -0.39 is 50.8 Å². The van der Waals surface area contributed by atoms with Crippen LogP contribution in [0.3, 0.4) is 0 Å². The van der Waals surface area contributed by atoms with Crippen LogP contribution in [0.25, 0.3) is 5.57 Å². The van der Waals surface area contributed by atoms with Gasteiger partial charge in [-0.05, 0) is 61.8 Å². The van der Waals surface area contributed by atoms with E-state index in [0.717, 1.165) is 32.1 Å². The number of nitrogens with zero attached hydrogens (tertiary/aromatic N) is 2. The number of ether oxygens (including phenoxy) is 1. The van der Waals surface area contributed by atoms with Gasteiger partial charge in [-0.15, -0.1) is 0 Å². The van der Waals surface area contributed by atoms with Crippen LogP contribution in [0.1, 0.15) is 69.5 Å². The highest BCUT2D eigenvalue weighted by molar-refractivity contribution is 7.91. The molecule has 2 amide bonds. The van der Waals surface area contributed by atoms with Gasteiger partial charge in [0.05, 0.1) is 17.6 Å². The van der Waals surface area contributed by atoms with Gasteiger partial charge in [0.2, 0.25) is 10.0 Å². The molecule has 2 N–H and O–H groups in total. The van der Waals surface area contributed by atoms with Gasteiger partial charge in [-0.3, -0.25) is 14.3 Å². The highest BCUT2D eigenvalue weighted by Crippen LogP contribution is 2.48. The number of nitrogens with one attached hydrogen (secondary N) is 2. The topological polar surface area (TPSA) is 119 Å². The lowest BCUT2D eigenvalue weighted by Crippen LogP contribution is -2.60. The van der Waals surface area contributed by atoms with Crippen LogP contribution in [0, 0.1) is 5.92 Å². The molecule has 0 unspecified atom stereocenters.